The Bertz CT molecular complexity index is 668. The van der Waals surface area contributed by atoms with Gasteiger partial charge in [0, 0.05) is 18.5 Å². The molecule has 0 radical (unpaired) electrons. The fraction of sp³-hybridized carbons (Fsp3) is 0.438. The fourth-order valence-electron chi connectivity index (χ4n) is 3.20. The highest BCUT2D eigenvalue weighted by molar-refractivity contribution is 5.91. The number of carbonyl (C=O) groups is 1. The first-order valence-electron chi connectivity index (χ1n) is 7.35. The molecule has 5 heteroatoms. The van der Waals surface area contributed by atoms with Crippen LogP contribution in [0.4, 0.5) is 5.69 Å². The zero-order valence-electron chi connectivity index (χ0n) is 12.1. The molecule has 5 nitrogen and oxygen atoms in total. The summed E-state index contributed by atoms with van der Waals surface area (Å²) in [6.07, 6.45) is 4.02. The number of aliphatic carboxylic acids is 1. The van der Waals surface area contributed by atoms with E-state index in [-0.39, 0.29) is 0 Å². The molecule has 1 atom stereocenters. The van der Waals surface area contributed by atoms with Crippen LogP contribution < -0.4 is 4.90 Å². The van der Waals surface area contributed by atoms with Crippen molar-refractivity contribution >= 4 is 22.6 Å². The van der Waals surface area contributed by atoms with Crippen molar-refractivity contribution in [3.8, 4) is 0 Å². The fourth-order valence-corrected chi connectivity index (χ4v) is 3.20. The molecule has 3 rings (SSSR count). The molecule has 1 aliphatic rings. The number of hydrogen-bond donors (Lipinski definition) is 1. The number of nitrogens with zero attached hydrogens (tertiary/aromatic N) is 3. The third kappa shape index (κ3) is 2.33. The largest absolute Gasteiger partial charge is 0.481 e. The van der Waals surface area contributed by atoms with E-state index in [0.29, 0.717) is 13.0 Å². The Balaban J connectivity index is 2.01. The van der Waals surface area contributed by atoms with E-state index in [1.807, 2.05) is 31.2 Å². The topological polar surface area (TPSA) is 66.3 Å². The lowest BCUT2D eigenvalue weighted by atomic mass is 9.77. The highest BCUT2D eigenvalue weighted by Gasteiger charge is 2.41. The second-order valence-corrected chi connectivity index (χ2v) is 5.71. The molecule has 2 aromatic rings. The van der Waals surface area contributed by atoms with Crippen LogP contribution in [0.1, 0.15) is 26.2 Å². The van der Waals surface area contributed by atoms with Gasteiger partial charge in [-0.25, -0.2) is 0 Å². The normalized spacial score (nSPS) is 22.4. The summed E-state index contributed by atoms with van der Waals surface area (Å²) in [5, 5.41) is 18.8. The number of anilines is 1. The van der Waals surface area contributed by atoms with E-state index >= 15 is 0 Å². The first-order chi connectivity index (χ1) is 10.2. The van der Waals surface area contributed by atoms with E-state index in [9.17, 15) is 9.90 Å². The molecule has 110 valence electrons. The van der Waals surface area contributed by atoms with Crippen molar-refractivity contribution in [1.29, 1.82) is 0 Å². The molecule has 1 N–H and O–H groups in total. The minimum absolute atomic E-state index is 0.536. The van der Waals surface area contributed by atoms with Crippen LogP contribution in [0.2, 0.25) is 0 Å². The second kappa shape index (κ2) is 5.31. The van der Waals surface area contributed by atoms with E-state index in [1.165, 1.54) is 0 Å². The lowest BCUT2D eigenvalue weighted by Gasteiger charge is -2.40. The predicted octanol–water partition coefficient (Wildman–Crippen LogP) is 2.71. The van der Waals surface area contributed by atoms with E-state index in [2.05, 4.69) is 15.1 Å². The third-order valence-corrected chi connectivity index (χ3v) is 4.57. The summed E-state index contributed by atoms with van der Waals surface area (Å²) in [6, 6.07) is 7.86. The Morgan fingerprint density at radius 3 is 3.00 bits per heavy atom. The SMILES string of the molecule is CCC1(C(=O)O)CCCN(c2cnnc3ccccc23)C1. The van der Waals surface area contributed by atoms with Crippen LogP contribution in [0.3, 0.4) is 0 Å². The lowest BCUT2D eigenvalue weighted by Crippen LogP contribution is -2.47. The Kier molecular flexibility index (Phi) is 3.49. The number of fused-ring (bicyclic) bond motifs is 1. The van der Waals surface area contributed by atoms with Gasteiger partial charge in [-0.15, -0.1) is 0 Å². The van der Waals surface area contributed by atoms with Gasteiger partial charge in [-0.2, -0.15) is 10.2 Å². The Morgan fingerprint density at radius 2 is 2.24 bits per heavy atom. The zero-order chi connectivity index (χ0) is 14.9. The van der Waals surface area contributed by atoms with Crippen molar-refractivity contribution in [2.24, 2.45) is 5.41 Å². The minimum Gasteiger partial charge on any atom is -0.481 e. The first-order valence-corrected chi connectivity index (χ1v) is 7.35. The van der Waals surface area contributed by atoms with Gasteiger partial charge in [0.05, 0.1) is 22.8 Å². The molecule has 1 aliphatic heterocycles. The van der Waals surface area contributed by atoms with Crippen LogP contribution in [0.25, 0.3) is 10.9 Å². The van der Waals surface area contributed by atoms with Gasteiger partial charge in [0.15, 0.2) is 0 Å². The second-order valence-electron chi connectivity index (χ2n) is 5.71. The standard InChI is InChI=1S/C16H19N3O2/c1-2-16(15(20)21)8-5-9-19(11-16)14-10-17-18-13-7-4-3-6-12(13)14/h3-4,6-7,10H,2,5,8-9,11H2,1H3,(H,20,21). The number of hydrogen-bond acceptors (Lipinski definition) is 4. The number of piperidine rings is 1. The lowest BCUT2D eigenvalue weighted by molar-refractivity contribution is -0.149. The van der Waals surface area contributed by atoms with Crippen molar-refractivity contribution in [3.63, 3.8) is 0 Å². The predicted molar refractivity (Wildman–Crippen MR) is 81.3 cm³/mol. The van der Waals surface area contributed by atoms with Gasteiger partial charge in [0.1, 0.15) is 0 Å². The van der Waals surface area contributed by atoms with Crippen LogP contribution in [0.5, 0.6) is 0 Å². The number of aromatic nitrogens is 2. The summed E-state index contributed by atoms with van der Waals surface area (Å²) in [4.78, 5) is 13.8. The number of carboxylic acid groups (broad SMARTS) is 1. The summed E-state index contributed by atoms with van der Waals surface area (Å²) in [5.41, 5.74) is 1.18. The molecule has 0 amide bonds. The average Bonchev–Trinajstić information content (AvgIpc) is 2.54. The Hall–Kier alpha value is -2.17. The molecular formula is C16H19N3O2. The summed E-state index contributed by atoms with van der Waals surface area (Å²) in [7, 11) is 0. The molecule has 0 bridgehead atoms. The van der Waals surface area contributed by atoms with Gasteiger partial charge >= 0.3 is 5.97 Å². The molecule has 1 unspecified atom stereocenters. The summed E-state index contributed by atoms with van der Waals surface area (Å²) in [5.74, 6) is -0.693. The number of carboxylic acids is 1. The quantitative estimate of drug-likeness (QED) is 0.939. The Morgan fingerprint density at radius 1 is 1.43 bits per heavy atom. The van der Waals surface area contributed by atoms with Crippen LogP contribution >= 0.6 is 0 Å². The molecule has 1 fully saturated rings. The molecular weight excluding hydrogens is 266 g/mol. The zero-order valence-corrected chi connectivity index (χ0v) is 12.1. The minimum atomic E-state index is -0.693. The smallest absolute Gasteiger partial charge is 0.311 e. The van der Waals surface area contributed by atoms with Gasteiger partial charge in [-0.05, 0) is 25.3 Å². The average molecular weight is 285 g/mol. The van der Waals surface area contributed by atoms with Gasteiger partial charge in [0.25, 0.3) is 0 Å². The maximum Gasteiger partial charge on any atom is 0.311 e. The van der Waals surface area contributed by atoms with Crippen molar-refractivity contribution < 1.29 is 9.90 Å². The van der Waals surface area contributed by atoms with Crippen molar-refractivity contribution in [2.75, 3.05) is 18.0 Å². The maximum atomic E-state index is 11.7. The highest BCUT2D eigenvalue weighted by Crippen LogP contribution is 2.37. The molecule has 0 saturated carbocycles. The van der Waals surface area contributed by atoms with Gasteiger partial charge in [-0.3, -0.25) is 4.79 Å². The molecule has 1 saturated heterocycles. The van der Waals surface area contributed by atoms with Crippen LogP contribution in [-0.4, -0.2) is 34.4 Å². The van der Waals surface area contributed by atoms with Gasteiger partial charge in [0.2, 0.25) is 0 Å². The molecule has 1 aromatic carbocycles. The maximum absolute atomic E-state index is 11.7. The van der Waals surface area contributed by atoms with Crippen molar-refractivity contribution in [2.45, 2.75) is 26.2 Å². The van der Waals surface area contributed by atoms with E-state index in [4.69, 9.17) is 0 Å². The van der Waals surface area contributed by atoms with E-state index < -0.39 is 11.4 Å². The van der Waals surface area contributed by atoms with Gasteiger partial charge in [-0.1, -0.05) is 25.1 Å². The van der Waals surface area contributed by atoms with E-state index in [0.717, 1.165) is 36.0 Å². The van der Waals surface area contributed by atoms with Crippen molar-refractivity contribution in [3.05, 3.63) is 30.5 Å². The van der Waals surface area contributed by atoms with Crippen molar-refractivity contribution in [1.82, 2.24) is 10.2 Å². The summed E-state index contributed by atoms with van der Waals surface area (Å²) < 4.78 is 0. The van der Waals surface area contributed by atoms with Crippen LogP contribution in [0, 0.1) is 5.41 Å². The molecule has 2 heterocycles. The molecule has 21 heavy (non-hydrogen) atoms. The first kappa shape index (κ1) is 13.8. The summed E-state index contributed by atoms with van der Waals surface area (Å²) >= 11 is 0. The highest BCUT2D eigenvalue weighted by atomic mass is 16.4. The molecule has 1 aromatic heterocycles. The number of benzene rings is 1. The van der Waals surface area contributed by atoms with E-state index in [1.54, 1.807) is 6.20 Å². The molecule has 0 spiro atoms. The van der Waals surface area contributed by atoms with Crippen LogP contribution in [-0.2, 0) is 4.79 Å². The number of rotatable bonds is 3. The summed E-state index contributed by atoms with van der Waals surface area (Å²) in [6.45, 7) is 3.36. The third-order valence-electron chi connectivity index (χ3n) is 4.57. The Labute approximate surface area is 123 Å². The molecule has 0 aliphatic carbocycles. The van der Waals surface area contributed by atoms with Crippen LogP contribution in [0.15, 0.2) is 30.5 Å². The monoisotopic (exact) mass is 285 g/mol. The van der Waals surface area contributed by atoms with Gasteiger partial charge < -0.3 is 10.0 Å².